The van der Waals surface area contributed by atoms with Crippen LogP contribution in [0.1, 0.15) is 60.8 Å². The average molecular weight is 264 g/mol. The lowest BCUT2D eigenvalue weighted by molar-refractivity contribution is -0.132. The van der Waals surface area contributed by atoms with E-state index in [9.17, 15) is 4.79 Å². The van der Waals surface area contributed by atoms with E-state index in [4.69, 9.17) is 5.11 Å². The standard InChI is InChI=1S/C17H28O2/c1-7-16(15(6)17(18)19)14(5)11-13(4)10-8-9-12(2)3/h9,11,14H,7-8,10H2,1-6H3,(H,18,19). The summed E-state index contributed by atoms with van der Waals surface area (Å²) < 4.78 is 0. The van der Waals surface area contributed by atoms with E-state index >= 15 is 0 Å². The zero-order valence-electron chi connectivity index (χ0n) is 13.2. The topological polar surface area (TPSA) is 37.3 Å². The fraction of sp³-hybridized carbons (Fsp3) is 0.588. The van der Waals surface area contributed by atoms with Crippen molar-refractivity contribution in [2.45, 2.75) is 60.8 Å². The SMILES string of the molecule is CCC(=C(C)C(=O)O)C(C)C=C(C)CCC=C(C)C. The Balaban J connectivity index is 4.81. The first-order chi connectivity index (χ1) is 8.79. The van der Waals surface area contributed by atoms with Gasteiger partial charge in [-0.25, -0.2) is 4.79 Å². The molecule has 0 aromatic rings. The van der Waals surface area contributed by atoms with Crippen molar-refractivity contribution >= 4 is 5.97 Å². The van der Waals surface area contributed by atoms with E-state index in [2.05, 4.69) is 39.8 Å². The van der Waals surface area contributed by atoms with Crippen LogP contribution in [0, 0.1) is 5.92 Å². The van der Waals surface area contributed by atoms with Crippen LogP contribution in [0.15, 0.2) is 34.4 Å². The predicted octanol–water partition coefficient (Wildman–Crippen LogP) is 5.13. The second-order valence-corrected chi connectivity index (χ2v) is 5.43. The van der Waals surface area contributed by atoms with Crippen LogP contribution in [-0.2, 0) is 4.79 Å². The first-order valence-electron chi connectivity index (χ1n) is 7.03. The van der Waals surface area contributed by atoms with Crippen LogP contribution < -0.4 is 0 Å². The molecular formula is C17H28O2. The monoisotopic (exact) mass is 264 g/mol. The zero-order chi connectivity index (χ0) is 15.0. The van der Waals surface area contributed by atoms with Crippen LogP contribution in [0.3, 0.4) is 0 Å². The van der Waals surface area contributed by atoms with Crippen molar-refractivity contribution in [1.29, 1.82) is 0 Å². The van der Waals surface area contributed by atoms with Crippen molar-refractivity contribution in [3.8, 4) is 0 Å². The molecule has 0 saturated carbocycles. The minimum atomic E-state index is -0.806. The molecule has 0 aliphatic rings. The Labute approximate surface area is 117 Å². The lowest BCUT2D eigenvalue weighted by Gasteiger charge is -2.14. The van der Waals surface area contributed by atoms with Gasteiger partial charge in [-0.2, -0.15) is 0 Å². The largest absolute Gasteiger partial charge is 0.478 e. The van der Waals surface area contributed by atoms with E-state index in [0.29, 0.717) is 5.57 Å². The third-order valence-corrected chi connectivity index (χ3v) is 3.36. The summed E-state index contributed by atoms with van der Waals surface area (Å²) in [6.45, 7) is 12.1. The van der Waals surface area contributed by atoms with Gasteiger partial charge in [0.05, 0.1) is 0 Å². The first-order valence-corrected chi connectivity index (χ1v) is 7.03. The van der Waals surface area contributed by atoms with Crippen molar-refractivity contribution in [1.82, 2.24) is 0 Å². The van der Waals surface area contributed by atoms with Gasteiger partial charge in [-0.05, 0) is 52.9 Å². The highest BCUT2D eigenvalue weighted by Crippen LogP contribution is 2.22. The number of rotatable bonds is 7. The van der Waals surface area contributed by atoms with Crippen LogP contribution in [0.5, 0.6) is 0 Å². The third-order valence-electron chi connectivity index (χ3n) is 3.36. The summed E-state index contributed by atoms with van der Waals surface area (Å²) in [5, 5.41) is 9.08. The summed E-state index contributed by atoms with van der Waals surface area (Å²) >= 11 is 0. The summed E-state index contributed by atoms with van der Waals surface area (Å²) in [6, 6.07) is 0. The van der Waals surface area contributed by atoms with Gasteiger partial charge in [-0.15, -0.1) is 0 Å². The second kappa shape index (κ2) is 8.73. The van der Waals surface area contributed by atoms with Crippen molar-refractivity contribution in [2.75, 3.05) is 0 Å². The first kappa shape index (κ1) is 17.7. The van der Waals surface area contributed by atoms with Gasteiger partial charge in [0.2, 0.25) is 0 Å². The van der Waals surface area contributed by atoms with Gasteiger partial charge in [-0.3, -0.25) is 0 Å². The lowest BCUT2D eigenvalue weighted by atomic mass is 9.91. The fourth-order valence-corrected chi connectivity index (χ4v) is 2.27. The summed E-state index contributed by atoms with van der Waals surface area (Å²) in [7, 11) is 0. The molecule has 0 spiro atoms. The molecule has 19 heavy (non-hydrogen) atoms. The van der Waals surface area contributed by atoms with Crippen LogP contribution in [0.25, 0.3) is 0 Å². The zero-order valence-corrected chi connectivity index (χ0v) is 13.2. The molecule has 2 heteroatoms. The molecule has 0 heterocycles. The highest BCUT2D eigenvalue weighted by molar-refractivity contribution is 5.86. The molecule has 0 fully saturated rings. The molecule has 0 radical (unpaired) electrons. The molecule has 2 nitrogen and oxygen atoms in total. The van der Waals surface area contributed by atoms with Gasteiger partial charge >= 0.3 is 5.97 Å². The van der Waals surface area contributed by atoms with Crippen LogP contribution >= 0.6 is 0 Å². The molecular weight excluding hydrogens is 236 g/mol. The van der Waals surface area contributed by atoms with Gasteiger partial charge in [0.15, 0.2) is 0 Å². The molecule has 1 N–H and O–H groups in total. The number of hydrogen-bond donors (Lipinski definition) is 1. The van der Waals surface area contributed by atoms with E-state index < -0.39 is 5.97 Å². The minimum Gasteiger partial charge on any atom is -0.478 e. The van der Waals surface area contributed by atoms with Gasteiger partial charge in [0.1, 0.15) is 0 Å². The Morgan fingerprint density at radius 2 is 1.79 bits per heavy atom. The molecule has 0 saturated heterocycles. The minimum absolute atomic E-state index is 0.202. The quantitative estimate of drug-likeness (QED) is 0.511. The van der Waals surface area contributed by atoms with E-state index in [-0.39, 0.29) is 5.92 Å². The average Bonchev–Trinajstić information content (AvgIpc) is 2.28. The number of carbonyl (C=O) groups is 1. The number of aliphatic carboxylic acids is 1. The lowest BCUT2D eigenvalue weighted by Crippen LogP contribution is -2.06. The normalized spacial score (nSPS) is 14.7. The third kappa shape index (κ3) is 7.00. The van der Waals surface area contributed by atoms with Crippen molar-refractivity contribution in [3.05, 3.63) is 34.4 Å². The Bertz CT molecular complexity index is 393. The van der Waals surface area contributed by atoms with E-state index in [1.807, 2.05) is 6.92 Å². The van der Waals surface area contributed by atoms with Crippen LogP contribution in [0.2, 0.25) is 0 Å². The maximum absolute atomic E-state index is 11.1. The predicted molar refractivity (Wildman–Crippen MR) is 82.2 cm³/mol. The van der Waals surface area contributed by atoms with Crippen LogP contribution in [0.4, 0.5) is 0 Å². The number of carboxylic acids is 1. The second-order valence-electron chi connectivity index (χ2n) is 5.43. The molecule has 1 atom stereocenters. The van der Waals surface area contributed by atoms with E-state index in [1.54, 1.807) is 6.92 Å². The number of hydrogen-bond acceptors (Lipinski definition) is 1. The summed E-state index contributed by atoms with van der Waals surface area (Å²) in [5.41, 5.74) is 4.18. The van der Waals surface area contributed by atoms with Crippen LogP contribution in [-0.4, -0.2) is 11.1 Å². The summed E-state index contributed by atoms with van der Waals surface area (Å²) in [6.07, 6.45) is 7.32. The Hall–Kier alpha value is -1.31. The molecule has 0 aromatic carbocycles. The fourth-order valence-electron chi connectivity index (χ4n) is 2.27. The molecule has 1 unspecified atom stereocenters. The maximum Gasteiger partial charge on any atom is 0.331 e. The Morgan fingerprint density at radius 3 is 2.21 bits per heavy atom. The molecule has 0 amide bonds. The number of allylic oxidation sites excluding steroid dienone is 5. The van der Waals surface area contributed by atoms with Crippen molar-refractivity contribution in [2.24, 2.45) is 5.92 Å². The Kier molecular flexibility index (Phi) is 8.13. The summed E-state index contributed by atoms with van der Waals surface area (Å²) in [4.78, 5) is 11.1. The van der Waals surface area contributed by atoms with Gasteiger partial charge in [-0.1, -0.05) is 42.7 Å². The number of carboxylic acid groups (broad SMARTS) is 1. The van der Waals surface area contributed by atoms with Crippen molar-refractivity contribution < 1.29 is 9.90 Å². The molecule has 0 aromatic heterocycles. The Morgan fingerprint density at radius 1 is 1.21 bits per heavy atom. The molecule has 0 aliphatic carbocycles. The van der Waals surface area contributed by atoms with Gasteiger partial charge < -0.3 is 5.11 Å². The molecule has 0 aliphatic heterocycles. The molecule has 108 valence electrons. The maximum atomic E-state index is 11.1. The van der Waals surface area contributed by atoms with Crippen molar-refractivity contribution in [3.63, 3.8) is 0 Å². The van der Waals surface area contributed by atoms with E-state index in [0.717, 1.165) is 24.8 Å². The summed E-state index contributed by atoms with van der Waals surface area (Å²) in [5.74, 6) is -0.605. The smallest absolute Gasteiger partial charge is 0.331 e. The highest BCUT2D eigenvalue weighted by Gasteiger charge is 2.12. The highest BCUT2D eigenvalue weighted by atomic mass is 16.4. The molecule has 0 bridgehead atoms. The van der Waals surface area contributed by atoms with Gasteiger partial charge in [0, 0.05) is 5.57 Å². The van der Waals surface area contributed by atoms with E-state index in [1.165, 1.54) is 11.1 Å². The van der Waals surface area contributed by atoms with Gasteiger partial charge in [0.25, 0.3) is 0 Å². The molecule has 0 rings (SSSR count).